The first-order chi connectivity index (χ1) is 9.24. The van der Waals surface area contributed by atoms with E-state index in [1.807, 2.05) is 40.1 Å². The first-order valence-corrected chi connectivity index (χ1v) is 6.68. The minimum absolute atomic E-state index is 0.0141. The molecule has 2 heterocycles. The summed E-state index contributed by atoms with van der Waals surface area (Å²) < 4.78 is 1.84. The quantitative estimate of drug-likeness (QED) is 0.789. The van der Waals surface area contributed by atoms with Crippen LogP contribution < -0.4 is 0 Å². The summed E-state index contributed by atoms with van der Waals surface area (Å²) in [6, 6.07) is 9.94. The second-order valence-corrected chi connectivity index (χ2v) is 5.03. The molecular weight excluding hydrogens is 262 g/mol. The van der Waals surface area contributed by atoms with Crippen molar-refractivity contribution in [1.82, 2.24) is 14.6 Å². The summed E-state index contributed by atoms with van der Waals surface area (Å²) in [6.45, 7) is 0. The van der Waals surface area contributed by atoms with Gasteiger partial charge in [-0.1, -0.05) is 30.3 Å². The Labute approximate surface area is 113 Å². The minimum Gasteiger partial charge on any atom is -0.481 e. The van der Waals surface area contributed by atoms with Gasteiger partial charge in [0.05, 0.1) is 6.42 Å². The molecule has 0 amide bonds. The smallest absolute Gasteiger partial charge is 0.309 e. The number of aliphatic carboxylic acids is 1. The molecule has 0 aliphatic carbocycles. The largest absolute Gasteiger partial charge is 0.481 e. The van der Waals surface area contributed by atoms with Gasteiger partial charge in [0.2, 0.25) is 4.96 Å². The average Bonchev–Trinajstić information content (AvgIpc) is 2.95. The highest BCUT2D eigenvalue weighted by molar-refractivity contribution is 7.15. The zero-order chi connectivity index (χ0) is 13.2. The van der Waals surface area contributed by atoms with Crippen molar-refractivity contribution in [2.75, 3.05) is 0 Å². The predicted molar refractivity (Wildman–Crippen MR) is 71.5 cm³/mol. The van der Waals surface area contributed by atoms with Crippen LogP contribution in [0.5, 0.6) is 0 Å². The van der Waals surface area contributed by atoms with E-state index in [1.54, 1.807) is 0 Å². The zero-order valence-corrected chi connectivity index (χ0v) is 10.8. The molecule has 1 aromatic carbocycles. The third-order valence-corrected chi connectivity index (χ3v) is 3.69. The first-order valence-electron chi connectivity index (χ1n) is 5.80. The van der Waals surface area contributed by atoms with Crippen molar-refractivity contribution in [3.63, 3.8) is 0 Å². The van der Waals surface area contributed by atoms with Gasteiger partial charge >= 0.3 is 5.97 Å². The summed E-state index contributed by atoms with van der Waals surface area (Å²) in [5.74, 6) is -0.0715. The molecule has 3 rings (SSSR count). The molecule has 0 atom stereocenters. The molecule has 3 aromatic rings. The minimum atomic E-state index is -0.848. The molecule has 0 saturated carbocycles. The molecule has 0 bridgehead atoms. The number of hydrogen-bond donors (Lipinski definition) is 1. The topological polar surface area (TPSA) is 67.5 Å². The fourth-order valence-corrected chi connectivity index (χ4v) is 2.85. The Kier molecular flexibility index (Phi) is 3.00. The zero-order valence-electron chi connectivity index (χ0n) is 9.98. The van der Waals surface area contributed by atoms with Crippen molar-refractivity contribution in [3.05, 3.63) is 52.8 Å². The SMILES string of the molecule is O=C(O)Cc1csc2nnc(Cc3ccccc3)n12. The predicted octanol–water partition coefficient (Wildman–Crippen LogP) is 2.01. The number of aromatic nitrogens is 3. The van der Waals surface area contributed by atoms with E-state index in [-0.39, 0.29) is 6.42 Å². The van der Waals surface area contributed by atoms with Gasteiger partial charge in [-0.05, 0) is 5.56 Å². The van der Waals surface area contributed by atoms with Crippen LogP contribution in [-0.2, 0) is 17.6 Å². The molecular formula is C13H11N3O2S. The van der Waals surface area contributed by atoms with Crippen molar-refractivity contribution in [3.8, 4) is 0 Å². The number of rotatable bonds is 4. The maximum Gasteiger partial charge on any atom is 0.309 e. The molecule has 0 fully saturated rings. The van der Waals surface area contributed by atoms with E-state index in [4.69, 9.17) is 5.11 Å². The van der Waals surface area contributed by atoms with E-state index in [2.05, 4.69) is 10.2 Å². The molecule has 0 unspecified atom stereocenters. The number of benzene rings is 1. The second-order valence-electron chi connectivity index (χ2n) is 4.19. The third-order valence-electron chi connectivity index (χ3n) is 2.83. The highest BCUT2D eigenvalue weighted by Crippen LogP contribution is 2.18. The van der Waals surface area contributed by atoms with Crippen LogP contribution >= 0.6 is 11.3 Å². The van der Waals surface area contributed by atoms with Crippen LogP contribution in [0.2, 0.25) is 0 Å². The van der Waals surface area contributed by atoms with Gasteiger partial charge in [-0.15, -0.1) is 21.5 Å². The fraction of sp³-hybridized carbons (Fsp3) is 0.154. The van der Waals surface area contributed by atoms with Crippen molar-refractivity contribution >= 4 is 22.3 Å². The molecule has 6 heteroatoms. The lowest BCUT2D eigenvalue weighted by molar-refractivity contribution is -0.136. The van der Waals surface area contributed by atoms with Gasteiger partial charge in [-0.2, -0.15) is 0 Å². The highest BCUT2D eigenvalue weighted by Gasteiger charge is 2.14. The molecule has 1 N–H and O–H groups in total. The normalized spacial score (nSPS) is 10.9. The number of nitrogens with zero attached hydrogens (tertiary/aromatic N) is 3. The molecule has 0 saturated heterocycles. The first kappa shape index (κ1) is 11.9. The highest BCUT2D eigenvalue weighted by atomic mass is 32.1. The van der Waals surface area contributed by atoms with Gasteiger partial charge in [0.1, 0.15) is 5.82 Å². The van der Waals surface area contributed by atoms with Crippen LogP contribution in [0.4, 0.5) is 0 Å². The number of hydrogen-bond acceptors (Lipinski definition) is 4. The third kappa shape index (κ3) is 2.34. The summed E-state index contributed by atoms with van der Waals surface area (Å²) in [5, 5.41) is 19.0. The molecule has 0 radical (unpaired) electrons. The number of carbonyl (C=O) groups is 1. The summed E-state index contributed by atoms with van der Waals surface area (Å²) in [4.78, 5) is 11.6. The van der Waals surface area contributed by atoms with Crippen LogP contribution in [0, 0.1) is 0 Å². The Bertz CT molecular complexity index is 718. The lowest BCUT2D eigenvalue weighted by Crippen LogP contribution is -2.05. The van der Waals surface area contributed by atoms with E-state index in [0.29, 0.717) is 6.42 Å². The van der Waals surface area contributed by atoms with E-state index in [1.165, 1.54) is 11.3 Å². The molecule has 96 valence electrons. The maximum atomic E-state index is 10.9. The molecule has 0 aliphatic rings. The van der Waals surface area contributed by atoms with Gasteiger partial charge in [0.25, 0.3) is 0 Å². The maximum absolute atomic E-state index is 10.9. The molecule has 0 aliphatic heterocycles. The van der Waals surface area contributed by atoms with Crippen LogP contribution in [0.1, 0.15) is 17.1 Å². The fourth-order valence-electron chi connectivity index (χ4n) is 2.01. The second kappa shape index (κ2) is 4.81. The van der Waals surface area contributed by atoms with E-state index in [9.17, 15) is 4.79 Å². The number of carboxylic acids is 1. The molecule has 5 nitrogen and oxygen atoms in total. The summed E-state index contributed by atoms with van der Waals surface area (Å²) in [5.41, 5.74) is 1.85. The Balaban J connectivity index is 1.99. The van der Waals surface area contributed by atoms with Crippen molar-refractivity contribution in [2.24, 2.45) is 0 Å². The molecule has 2 aromatic heterocycles. The van der Waals surface area contributed by atoms with Crippen molar-refractivity contribution < 1.29 is 9.90 Å². The molecule has 0 spiro atoms. The summed E-state index contributed by atoms with van der Waals surface area (Å²) in [6.07, 6.45) is 0.630. The van der Waals surface area contributed by atoms with Crippen LogP contribution in [0.15, 0.2) is 35.7 Å². The summed E-state index contributed by atoms with van der Waals surface area (Å²) >= 11 is 1.41. The van der Waals surface area contributed by atoms with Gasteiger partial charge in [-0.25, -0.2) is 0 Å². The standard InChI is InChI=1S/C13H11N3O2S/c17-12(18)7-10-8-19-13-15-14-11(16(10)13)6-9-4-2-1-3-5-9/h1-5,8H,6-7H2,(H,17,18). The average molecular weight is 273 g/mol. The molecule has 19 heavy (non-hydrogen) atoms. The van der Waals surface area contributed by atoms with Crippen molar-refractivity contribution in [1.29, 1.82) is 0 Å². The Morgan fingerprint density at radius 2 is 2.05 bits per heavy atom. The Morgan fingerprint density at radius 1 is 1.26 bits per heavy atom. The summed E-state index contributed by atoms with van der Waals surface area (Å²) in [7, 11) is 0. The van der Waals surface area contributed by atoms with E-state index >= 15 is 0 Å². The van der Waals surface area contributed by atoms with Gasteiger partial charge in [0.15, 0.2) is 0 Å². The van der Waals surface area contributed by atoms with Crippen molar-refractivity contribution in [2.45, 2.75) is 12.8 Å². The van der Waals surface area contributed by atoms with Gasteiger partial charge in [0, 0.05) is 17.5 Å². The van der Waals surface area contributed by atoms with E-state index < -0.39 is 5.97 Å². The number of fused-ring (bicyclic) bond motifs is 1. The lowest BCUT2D eigenvalue weighted by Gasteiger charge is -2.01. The Morgan fingerprint density at radius 3 is 2.79 bits per heavy atom. The number of carboxylic acid groups (broad SMARTS) is 1. The van der Waals surface area contributed by atoms with Gasteiger partial charge < -0.3 is 5.11 Å². The van der Waals surface area contributed by atoms with Crippen LogP contribution in [-0.4, -0.2) is 25.7 Å². The van der Waals surface area contributed by atoms with Crippen LogP contribution in [0.25, 0.3) is 4.96 Å². The van der Waals surface area contributed by atoms with Gasteiger partial charge in [-0.3, -0.25) is 9.20 Å². The van der Waals surface area contributed by atoms with E-state index in [0.717, 1.165) is 22.0 Å². The lowest BCUT2D eigenvalue weighted by atomic mass is 10.1. The number of thiazole rings is 1. The van der Waals surface area contributed by atoms with Crippen LogP contribution in [0.3, 0.4) is 0 Å². The monoisotopic (exact) mass is 273 g/mol. The Hall–Kier alpha value is -2.21.